The van der Waals surface area contributed by atoms with Gasteiger partial charge in [-0.3, -0.25) is 9.58 Å². The van der Waals surface area contributed by atoms with E-state index in [1.807, 2.05) is 40.0 Å². The van der Waals surface area contributed by atoms with Crippen LogP contribution in [0.25, 0.3) is 0 Å². The van der Waals surface area contributed by atoms with Crippen LogP contribution in [0.3, 0.4) is 0 Å². The maximum absolute atomic E-state index is 12.3. The molecule has 28 heavy (non-hydrogen) atoms. The minimum atomic E-state index is 0.0130. The van der Waals surface area contributed by atoms with E-state index in [-0.39, 0.29) is 6.03 Å². The second-order valence-corrected chi connectivity index (χ2v) is 6.80. The lowest BCUT2D eigenvalue weighted by Crippen LogP contribution is -2.51. The zero-order valence-electron chi connectivity index (χ0n) is 16.6. The lowest BCUT2D eigenvalue weighted by Gasteiger charge is -2.35. The van der Waals surface area contributed by atoms with Crippen LogP contribution < -0.4 is 14.8 Å². The summed E-state index contributed by atoms with van der Waals surface area (Å²) in [6, 6.07) is 7.76. The Kier molecular flexibility index (Phi) is 7.13. The molecule has 2 heterocycles. The summed E-state index contributed by atoms with van der Waals surface area (Å²) in [5.41, 5.74) is 1.10. The molecule has 1 N–H and O–H groups in total. The standard InChI is InChI=1S/C20H29N5O3/c1-27-18-5-6-19(28-2)17(15-18)16-23-11-13-24(14-12-23)20(26)21-7-3-9-25-10-4-8-22-25/h4-6,8,10,15H,3,7,9,11-14,16H2,1-2H3,(H,21,26). The predicted molar refractivity (Wildman–Crippen MR) is 107 cm³/mol. The number of nitrogens with zero attached hydrogens (tertiary/aromatic N) is 4. The number of nitrogens with one attached hydrogen (secondary N) is 1. The Morgan fingerprint density at radius 2 is 2.00 bits per heavy atom. The SMILES string of the molecule is COc1ccc(OC)c(CN2CCN(C(=O)NCCCn3cccn3)CC2)c1. The molecular weight excluding hydrogens is 358 g/mol. The molecule has 1 aliphatic heterocycles. The van der Waals surface area contributed by atoms with Crippen molar-refractivity contribution in [2.24, 2.45) is 0 Å². The van der Waals surface area contributed by atoms with Crippen LogP contribution in [0.15, 0.2) is 36.7 Å². The molecule has 1 saturated heterocycles. The minimum Gasteiger partial charge on any atom is -0.497 e. The molecule has 8 heteroatoms. The van der Waals surface area contributed by atoms with Gasteiger partial charge in [0.2, 0.25) is 0 Å². The third-order valence-corrected chi connectivity index (χ3v) is 4.94. The number of carbonyl (C=O) groups is 1. The number of methoxy groups -OCH3 is 2. The van der Waals surface area contributed by atoms with Crippen LogP contribution in [-0.4, -0.2) is 72.6 Å². The fourth-order valence-corrected chi connectivity index (χ4v) is 3.34. The van der Waals surface area contributed by atoms with Crippen molar-refractivity contribution in [1.82, 2.24) is 24.9 Å². The van der Waals surface area contributed by atoms with Gasteiger partial charge in [0.05, 0.1) is 14.2 Å². The fraction of sp³-hybridized carbons (Fsp3) is 0.500. The number of piperazine rings is 1. The van der Waals surface area contributed by atoms with Gasteiger partial charge in [-0.15, -0.1) is 0 Å². The highest BCUT2D eigenvalue weighted by Gasteiger charge is 2.21. The summed E-state index contributed by atoms with van der Waals surface area (Å²) >= 11 is 0. The molecule has 0 spiro atoms. The van der Waals surface area contributed by atoms with E-state index < -0.39 is 0 Å². The smallest absolute Gasteiger partial charge is 0.317 e. The van der Waals surface area contributed by atoms with E-state index in [0.717, 1.165) is 62.8 Å². The van der Waals surface area contributed by atoms with Gasteiger partial charge >= 0.3 is 6.03 Å². The Morgan fingerprint density at radius 3 is 2.68 bits per heavy atom. The average Bonchev–Trinajstić information content (AvgIpc) is 3.25. The molecule has 2 amide bonds. The quantitative estimate of drug-likeness (QED) is 0.700. The summed E-state index contributed by atoms with van der Waals surface area (Å²) in [6.07, 6.45) is 4.56. The van der Waals surface area contributed by atoms with E-state index in [1.54, 1.807) is 20.4 Å². The van der Waals surface area contributed by atoms with Crippen molar-refractivity contribution >= 4 is 6.03 Å². The van der Waals surface area contributed by atoms with Crippen LogP contribution in [0.5, 0.6) is 11.5 Å². The maximum atomic E-state index is 12.3. The molecule has 1 aromatic heterocycles. The summed E-state index contributed by atoms with van der Waals surface area (Å²) in [7, 11) is 3.35. The first-order valence-electron chi connectivity index (χ1n) is 9.63. The Hall–Kier alpha value is -2.74. The molecule has 8 nitrogen and oxygen atoms in total. The molecule has 0 radical (unpaired) electrons. The van der Waals surface area contributed by atoms with Gasteiger partial charge in [0.15, 0.2) is 0 Å². The number of urea groups is 1. The zero-order valence-corrected chi connectivity index (χ0v) is 16.6. The monoisotopic (exact) mass is 387 g/mol. The van der Waals surface area contributed by atoms with Crippen molar-refractivity contribution in [2.45, 2.75) is 19.5 Å². The normalized spacial score (nSPS) is 14.7. The second kappa shape index (κ2) is 9.98. The molecule has 0 bridgehead atoms. The largest absolute Gasteiger partial charge is 0.497 e. The summed E-state index contributed by atoms with van der Waals surface area (Å²) < 4.78 is 12.7. The van der Waals surface area contributed by atoms with Crippen LogP contribution in [0.2, 0.25) is 0 Å². The molecule has 0 saturated carbocycles. The molecule has 1 aliphatic rings. The van der Waals surface area contributed by atoms with E-state index in [2.05, 4.69) is 15.3 Å². The molecule has 1 aromatic carbocycles. The molecule has 1 fully saturated rings. The van der Waals surface area contributed by atoms with E-state index in [9.17, 15) is 4.79 Å². The van der Waals surface area contributed by atoms with Crippen molar-refractivity contribution in [1.29, 1.82) is 0 Å². The number of ether oxygens (including phenoxy) is 2. The van der Waals surface area contributed by atoms with Crippen LogP contribution in [0, 0.1) is 0 Å². The third-order valence-electron chi connectivity index (χ3n) is 4.94. The van der Waals surface area contributed by atoms with Gasteiger partial charge in [0.25, 0.3) is 0 Å². The summed E-state index contributed by atoms with van der Waals surface area (Å²) in [4.78, 5) is 16.6. The first-order valence-corrected chi connectivity index (χ1v) is 9.63. The molecule has 0 unspecified atom stereocenters. The summed E-state index contributed by atoms with van der Waals surface area (Å²) in [6.45, 7) is 5.35. The van der Waals surface area contributed by atoms with Crippen LogP contribution in [0.4, 0.5) is 4.79 Å². The van der Waals surface area contributed by atoms with Gasteiger partial charge in [-0.1, -0.05) is 0 Å². The molecule has 3 rings (SSSR count). The van der Waals surface area contributed by atoms with Crippen molar-refractivity contribution in [3.8, 4) is 11.5 Å². The van der Waals surface area contributed by atoms with Gasteiger partial charge in [0, 0.05) is 63.8 Å². The van der Waals surface area contributed by atoms with Crippen LogP contribution >= 0.6 is 0 Å². The molecular formula is C20H29N5O3. The maximum Gasteiger partial charge on any atom is 0.317 e. The first kappa shape index (κ1) is 20.0. The zero-order chi connectivity index (χ0) is 19.8. The van der Waals surface area contributed by atoms with Crippen molar-refractivity contribution in [3.63, 3.8) is 0 Å². The summed E-state index contributed by atoms with van der Waals surface area (Å²) in [5.74, 6) is 1.68. The number of amides is 2. The number of hydrogen-bond acceptors (Lipinski definition) is 5. The topological polar surface area (TPSA) is 71.9 Å². The predicted octanol–water partition coefficient (Wildman–Crippen LogP) is 1.82. The Labute approximate surface area is 166 Å². The number of aryl methyl sites for hydroxylation is 1. The highest BCUT2D eigenvalue weighted by Crippen LogP contribution is 2.25. The van der Waals surface area contributed by atoms with Crippen molar-refractivity contribution < 1.29 is 14.3 Å². The number of hydrogen-bond donors (Lipinski definition) is 1. The molecule has 2 aromatic rings. The third kappa shape index (κ3) is 5.39. The van der Waals surface area contributed by atoms with Crippen LogP contribution in [-0.2, 0) is 13.1 Å². The first-order chi connectivity index (χ1) is 13.7. The van der Waals surface area contributed by atoms with E-state index in [4.69, 9.17) is 9.47 Å². The Bertz CT molecular complexity index is 742. The highest BCUT2D eigenvalue weighted by atomic mass is 16.5. The van der Waals surface area contributed by atoms with Gasteiger partial charge in [0.1, 0.15) is 11.5 Å². The summed E-state index contributed by atoms with van der Waals surface area (Å²) in [5, 5.41) is 7.16. The number of aromatic nitrogens is 2. The van der Waals surface area contributed by atoms with E-state index in [1.165, 1.54) is 0 Å². The van der Waals surface area contributed by atoms with E-state index in [0.29, 0.717) is 6.54 Å². The number of benzene rings is 1. The van der Waals surface area contributed by atoms with Crippen molar-refractivity contribution in [2.75, 3.05) is 46.9 Å². The highest BCUT2D eigenvalue weighted by molar-refractivity contribution is 5.74. The van der Waals surface area contributed by atoms with E-state index >= 15 is 0 Å². The van der Waals surface area contributed by atoms with Crippen molar-refractivity contribution in [3.05, 3.63) is 42.2 Å². The molecule has 0 atom stereocenters. The fourth-order valence-electron chi connectivity index (χ4n) is 3.34. The minimum absolute atomic E-state index is 0.0130. The molecule has 152 valence electrons. The van der Waals surface area contributed by atoms with Gasteiger partial charge in [-0.25, -0.2) is 4.79 Å². The lowest BCUT2D eigenvalue weighted by atomic mass is 10.1. The molecule has 0 aliphatic carbocycles. The van der Waals surface area contributed by atoms with Gasteiger partial charge < -0.3 is 19.7 Å². The second-order valence-electron chi connectivity index (χ2n) is 6.80. The Morgan fingerprint density at radius 1 is 1.18 bits per heavy atom. The average molecular weight is 387 g/mol. The van der Waals surface area contributed by atoms with Gasteiger partial charge in [-0.2, -0.15) is 5.10 Å². The van der Waals surface area contributed by atoms with Gasteiger partial charge in [-0.05, 0) is 30.7 Å². The van der Waals surface area contributed by atoms with Crippen LogP contribution in [0.1, 0.15) is 12.0 Å². The Balaban J connectivity index is 1.41. The lowest BCUT2D eigenvalue weighted by molar-refractivity contribution is 0.134. The number of carbonyl (C=O) groups excluding carboxylic acids is 1. The number of rotatable bonds is 8.